The molecule has 0 amide bonds. The summed E-state index contributed by atoms with van der Waals surface area (Å²) in [6, 6.07) is 6.39. The zero-order valence-electron chi connectivity index (χ0n) is 18.8. The standard InChI is InChI=1S/C23H23Cl2FN4O4.ClH/c1-31-21-4-15-19(27-12-28-23(15)29-20-6-17(25)16(24)5-18(20)26)7-22(21)34-11-14-8-30-2-3-32-9-13(30)10-33-14;/h4-7,12-14H,2-3,8-11H2,1H3,(H,27,28,29);1H/t13-,14-;/m0./s1. The van der Waals surface area contributed by atoms with E-state index in [1.807, 2.05) is 0 Å². The van der Waals surface area contributed by atoms with Crippen molar-refractivity contribution in [2.45, 2.75) is 12.1 Å². The van der Waals surface area contributed by atoms with Gasteiger partial charge in [0.1, 0.15) is 30.7 Å². The molecule has 2 aliphatic heterocycles. The molecule has 2 atom stereocenters. The zero-order valence-corrected chi connectivity index (χ0v) is 21.1. The fourth-order valence-electron chi connectivity index (χ4n) is 4.11. The molecule has 2 fully saturated rings. The molecule has 0 bridgehead atoms. The van der Waals surface area contributed by atoms with Gasteiger partial charge in [-0.25, -0.2) is 14.4 Å². The SMILES string of the molecule is COc1cc2c(Nc3cc(Cl)c(Cl)cc3F)ncnc2cc1OC[C@@H]1CN2CCOC[C@H]2CO1.Cl. The Balaban J connectivity index is 0.00000289. The van der Waals surface area contributed by atoms with Gasteiger partial charge in [0.15, 0.2) is 11.5 Å². The van der Waals surface area contributed by atoms with Crippen LogP contribution >= 0.6 is 35.6 Å². The Morgan fingerprint density at radius 1 is 1.14 bits per heavy atom. The van der Waals surface area contributed by atoms with Crippen molar-refractivity contribution < 1.29 is 23.3 Å². The van der Waals surface area contributed by atoms with Crippen LogP contribution < -0.4 is 14.8 Å². The lowest BCUT2D eigenvalue weighted by Gasteiger charge is -2.41. The third kappa shape index (κ3) is 5.66. The lowest BCUT2D eigenvalue weighted by Crippen LogP contribution is -2.56. The van der Waals surface area contributed by atoms with E-state index in [1.165, 1.54) is 12.4 Å². The second kappa shape index (κ2) is 11.3. The molecule has 35 heavy (non-hydrogen) atoms. The summed E-state index contributed by atoms with van der Waals surface area (Å²) in [5.74, 6) is 0.872. The van der Waals surface area contributed by atoms with Gasteiger partial charge in [-0.05, 0) is 18.2 Å². The summed E-state index contributed by atoms with van der Waals surface area (Å²) in [6.07, 6.45) is 1.33. The van der Waals surface area contributed by atoms with Crippen LogP contribution in [-0.2, 0) is 9.47 Å². The normalized spacial score (nSPS) is 20.1. The van der Waals surface area contributed by atoms with E-state index >= 15 is 0 Å². The molecule has 0 radical (unpaired) electrons. The van der Waals surface area contributed by atoms with E-state index in [-0.39, 0.29) is 34.2 Å². The molecule has 0 unspecified atom stereocenters. The average molecular weight is 546 g/mol. The largest absolute Gasteiger partial charge is 0.493 e. The predicted octanol–water partition coefficient (Wildman–Crippen LogP) is 4.73. The minimum Gasteiger partial charge on any atom is -0.493 e. The minimum atomic E-state index is -0.553. The quantitative estimate of drug-likeness (QED) is 0.446. The molecule has 8 nitrogen and oxygen atoms in total. The number of aromatic nitrogens is 2. The number of hydrogen-bond acceptors (Lipinski definition) is 8. The summed E-state index contributed by atoms with van der Waals surface area (Å²) in [5.41, 5.74) is 0.746. The van der Waals surface area contributed by atoms with Crippen molar-refractivity contribution in [3.8, 4) is 11.5 Å². The van der Waals surface area contributed by atoms with E-state index in [0.717, 1.165) is 25.8 Å². The van der Waals surface area contributed by atoms with Crippen molar-refractivity contribution in [3.05, 3.63) is 46.5 Å². The van der Waals surface area contributed by atoms with E-state index in [0.29, 0.717) is 54.1 Å². The van der Waals surface area contributed by atoms with Crippen LogP contribution in [0.5, 0.6) is 11.5 Å². The van der Waals surface area contributed by atoms with Crippen LogP contribution in [0, 0.1) is 5.82 Å². The number of morpholine rings is 2. The second-order valence-electron chi connectivity index (χ2n) is 8.10. The number of anilines is 2. The van der Waals surface area contributed by atoms with Gasteiger partial charge < -0.3 is 24.3 Å². The third-order valence-electron chi connectivity index (χ3n) is 5.92. The number of hydrogen-bond donors (Lipinski definition) is 1. The molecule has 0 saturated carbocycles. The lowest BCUT2D eigenvalue weighted by atomic mass is 10.1. The predicted molar refractivity (Wildman–Crippen MR) is 134 cm³/mol. The summed E-state index contributed by atoms with van der Waals surface area (Å²) in [4.78, 5) is 11.0. The van der Waals surface area contributed by atoms with Crippen molar-refractivity contribution in [2.24, 2.45) is 0 Å². The number of nitrogens with zero attached hydrogens (tertiary/aromatic N) is 3. The van der Waals surface area contributed by atoms with Gasteiger partial charge in [0.05, 0.1) is 54.2 Å². The van der Waals surface area contributed by atoms with Gasteiger partial charge in [-0.2, -0.15) is 0 Å². The third-order valence-corrected chi connectivity index (χ3v) is 6.64. The fourth-order valence-corrected chi connectivity index (χ4v) is 4.42. The molecule has 3 aromatic rings. The maximum atomic E-state index is 14.4. The smallest absolute Gasteiger partial charge is 0.163 e. The van der Waals surface area contributed by atoms with Crippen LogP contribution in [0.4, 0.5) is 15.9 Å². The highest BCUT2D eigenvalue weighted by Gasteiger charge is 2.31. The number of halogens is 4. The first-order chi connectivity index (χ1) is 16.5. The molecule has 0 aliphatic carbocycles. The summed E-state index contributed by atoms with van der Waals surface area (Å²) >= 11 is 11.9. The Bertz CT molecular complexity index is 1210. The average Bonchev–Trinajstić information content (AvgIpc) is 2.85. The summed E-state index contributed by atoms with van der Waals surface area (Å²) in [6.45, 7) is 4.12. The van der Waals surface area contributed by atoms with Gasteiger partial charge in [-0.15, -0.1) is 12.4 Å². The van der Waals surface area contributed by atoms with Gasteiger partial charge in [0, 0.05) is 24.5 Å². The lowest BCUT2D eigenvalue weighted by molar-refractivity contribution is -0.124. The molecule has 3 heterocycles. The van der Waals surface area contributed by atoms with Crippen LogP contribution in [0.2, 0.25) is 10.0 Å². The number of rotatable bonds is 6. The maximum absolute atomic E-state index is 14.4. The summed E-state index contributed by atoms with van der Waals surface area (Å²) in [5, 5.41) is 3.95. The second-order valence-corrected chi connectivity index (χ2v) is 8.92. The first-order valence-corrected chi connectivity index (χ1v) is 11.6. The van der Waals surface area contributed by atoms with E-state index in [9.17, 15) is 4.39 Å². The highest BCUT2D eigenvalue weighted by atomic mass is 35.5. The van der Waals surface area contributed by atoms with Gasteiger partial charge in [0.25, 0.3) is 0 Å². The highest BCUT2D eigenvalue weighted by Crippen LogP contribution is 2.36. The van der Waals surface area contributed by atoms with Gasteiger partial charge in [-0.3, -0.25) is 4.90 Å². The number of methoxy groups -OCH3 is 1. The Labute approximate surface area is 218 Å². The number of benzene rings is 2. The van der Waals surface area contributed by atoms with Crippen molar-refractivity contribution in [2.75, 3.05) is 51.9 Å². The van der Waals surface area contributed by atoms with Crippen molar-refractivity contribution in [3.63, 3.8) is 0 Å². The van der Waals surface area contributed by atoms with Crippen molar-refractivity contribution >= 4 is 58.0 Å². The number of ether oxygens (including phenoxy) is 4. The Kier molecular flexibility index (Phi) is 8.36. The van der Waals surface area contributed by atoms with E-state index in [2.05, 4.69) is 20.2 Å². The molecular formula is C23H24Cl3FN4O4. The Morgan fingerprint density at radius 3 is 2.80 bits per heavy atom. The molecule has 2 saturated heterocycles. The molecule has 12 heteroatoms. The molecule has 0 spiro atoms. The van der Waals surface area contributed by atoms with Crippen LogP contribution in [-0.4, -0.2) is 73.6 Å². The van der Waals surface area contributed by atoms with Crippen LogP contribution in [0.15, 0.2) is 30.6 Å². The highest BCUT2D eigenvalue weighted by molar-refractivity contribution is 6.42. The van der Waals surface area contributed by atoms with Crippen molar-refractivity contribution in [1.29, 1.82) is 0 Å². The van der Waals surface area contributed by atoms with Crippen LogP contribution in [0.25, 0.3) is 10.9 Å². The maximum Gasteiger partial charge on any atom is 0.163 e. The van der Waals surface area contributed by atoms with Gasteiger partial charge >= 0.3 is 0 Å². The first-order valence-electron chi connectivity index (χ1n) is 10.8. The molecule has 2 aromatic carbocycles. The number of fused-ring (bicyclic) bond motifs is 2. The Morgan fingerprint density at radius 2 is 1.97 bits per heavy atom. The van der Waals surface area contributed by atoms with Crippen LogP contribution in [0.3, 0.4) is 0 Å². The summed E-state index contributed by atoms with van der Waals surface area (Å²) < 4.78 is 37.5. The molecular weight excluding hydrogens is 522 g/mol. The van der Waals surface area contributed by atoms with Crippen LogP contribution in [0.1, 0.15) is 0 Å². The van der Waals surface area contributed by atoms with Crippen molar-refractivity contribution in [1.82, 2.24) is 14.9 Å². The van der Waals surface area contributed by atoms with E-state index < -0.39 is 5.82 Å². The summed E-state index contributed by atoms with van der Waals surface area (Å²) in [7, 11) is 1.55. The minimum absolute atomic E-state index is 0. The molecule has 2 aliphatic rings. The zero-order chi connectivity index (χ0) is 23.7. The molecule has 1 N–H and O–H groups in total. The monoisotopic (exact) mass is 544 g/mol. The molecule has 188 valence electrons. The first kappa shape index (κ1) is 25.9. The molecule has 1 aromatic heterocycles. The van der Waals surface area contributed by atoms with Gasteiger partial charge in [-0.1, -0.05) is 23.2 Å². The number of nitrogens with one attached hydrogen (secondary N) is 1. The topological polar surface area (TPSA) is 78.0 Å². The Hall–Kier alpha value is -2.14. The van der Waals surface area contributed by atoms with E-state index in [4.69, 9.17) is 42.1 Å². The van der Waals surface area contributed by atoms with Gasteiger partial charge in [0.2, 0.25) is 0 Å². The van der Waals surface area contributed by atoms with E-state index in [1.54, 1.807) is 19.2 Å². The molecule has 5 rings (SSSR count). The fraction of sp³-hybridized carbons (Fsp3) is 0.391.